The van der Waals surface area contributed by atoms with Crippen LogP contribution in [-0.4, -0.2) is 29.3 Å². The zero-order chi connectivity index (χ0) is 13.8. The van der Waals surface area contributed by atoms with E-state index in [-0.39, 0.29) is 12.0 Å². The molecule has 0 spiro atoms. The van der Waals surface area contributed by atoms with Crippen molar-refractivity contribution < 1.29 is 14.6 Å². The summed E-state index contributed by atoms with van der Waals surface area (Å²) >= 11 is 0. The van der Waals surface area contributed by atoms with Crippen molar-refractivity contribution in [3.63, 3.8) is 0 Å². The molecule has 0 saturated heterocycles. The van der Waals surface area contributed by atoms with Gasteiger partial charge in [-0.1, -0.05) is 12.1 Å². The molecule has 18 heavy (non-hydrogen) atoms. The van der Waals surface area contributed by atoms with Gasteiger partial charge < -0.3 is 15.2 Å². The quantitative estimate of drug-likeness (QED) is 0.789. The van der Waals surface area contributed by atoms with Gasteiger partial charge in [0.2, 0.25) is 0 Å². The lowest BCUT2D eigenvalue weighted by Gasteiger charge is -2.28. The molecule has 1 aromatic carbocycles. The summed E-state index contributed by atoms with van der Waals surface area (Å²) in [5.74, 6) is -0.358. The lowest BCUT2D eigenvalue weighted by atomic mass is 10.00. The summed E-state index contributed by atoms with van der Waals surface area (Å²) in [6.07, 6.45) is 0. The lowest BCUT2D eigenvalue weighted by molar-refractivity contribution is 0.0523. The minimum atomic E-state index is -0.873. The topological polar surface area (TPSA) is 58.6 Å². The van der Waals surface area contributed by atoms with Crippen molar-refractivity contribution in [3.05, 3.63) is 29.8 Å². The largest absolute Gasteiger partial charge is 0.462 e. The minimum Gasteiger partial charge on any atom is -0.462 e. The van der Waals surface area contributed by atoms with Crippen LogP contribution in [0.3, 0.4) is 0 Å². The molecule has 1 rings (SSSR count). The third-order valence-corrected chi connectivity index (χ3v) is 2.85. The number of aliphatic hydroxyl groups is 1. The maximum Gasteiger partial charge on any atom is 0.340 e. The van der Waals surface area contributed by atoms with Gasteiger partial charge in [0.1, 0.15) is 0 Å². The van der Waals surface area contributed by atoms with E-state index in [0.717, 1.165) is 0 Å². The average Bonchev–Trinajstić information content (AvgIpc) is 2.28. The molecule has 1 unspecified atom stereocenters. The number of rotatable bonds is 5. The van der Waals surface area contributed by atoms with Crippen LogP contribution in [0.1, 0.15) is 38.1 Å². The molecular formula is C14H21NO3. The Morgan fingerprint density at radius 3 is 2.61 bits per heavy atom. The number of para-hydroxylation sites is 1. The fraction of sp³-hybridized carbons (Fsp3) is 0.500. The van der Waals surface area contributed by atoms with Crippen molar-refractivity contribution in [2.45, 2.75) is 39.3 Å². The molecule has 0 bridgehead atoms. The van der Waals surface area contributed by atoms with Crippen LogP contribution in [0.2, 0.25) is 0 Å². The lowest BCUT2D eigenvalue weighted by Crippen LogP contribution is -2.39. The first-order valence-corrected chi connectivity index (χ1v) is 6.11. The van der Waals surface area contributed by atoms with Crippen molar-refractivity contribution in [2.24, 2.45) is 0 Å². The van der Waals surface area contributed by atoms with Gasteiger partial charge >= 0.3 is 5.97 Å². The smallest absolute Gasteiger partial charge is 0.340 e. The Kier molecular flexibility index (Phi) is 4.73. The Balaban J connectivity index is 2.92. The van der Waals surface area contributed by atoms with Crippen LogP contribution in [0.4, 0.5) is 5.69 Å². The number of ether oxygens (including phenoxy) is 1. The first kappa shape index (κ1) is 14.5. The summed E-state index contributed by atoms with van der Waals surface area (Å²) in [6.45, 7) is 7.42. The van der Waals surface area contributed by atoms with E-state index in [4.69, 9.17) is 4.74 Å². The third-order valence-electron chi connectivity index (χ3n) is 2.85. The summed E-state index contributed by atoms with van der Waals surface area (Å²) < 4.78 is 4.99. The summed E-state index contributed by atoms with van der Waals surface area (Å²) in [7, 11) is 0. The molecule has 0 heterocycles. The van der Waals surface area contributed by atoms with Crippen LogP contribution < -0.4 is 5.32 Å². The number of carbonyl (C=O) groups is 1. The van der Waals surface area contributed by atoms with E-state index >= 15 is 0 Å². The molecule has 100 valence electrons. The summed E-state index contributed by atoms with van der Waals surface area (Å²) in [5, 5.41) is 13.0. The number of hydrogen-bond donors (Lipinski definition) is 2. The van der Waals surface area contributed by atoms with E-state index in [0.29, 0.717) is 17.9 Å². The van der Waals surface area contributed by atoms with Gasteiger partial charge in [-0.25, -0.2) is 4.79 Å². The predicted octanol–water partition coefficient (Wildman–Crippen LogP) is 2.43. The van der Waals surface area contributed by atoms with Crippen LogP contribution >= 0.6 is 0 Å². The molecule has 1 atom stereocenters. The van der Waals surface area contributed by atoms with Crippen LogP contribution in [0.5, 0.6) is 0 Å². The Morgan fingerprint density at radius 1 is 1.44 bits per heavy atom. The predicted molar refractivity (Wildman–Crippen MR) is 71.8 cm³/mol. The van der Waals surface area contributed by atoms with E-state index in [1.54, 1.807) is 39.0 Å². The van der Waals surface area contributed by atoms with E-state index in [1.165, 1.54) is 0 Å². The molecule has 4 heteroatoms. The summed E-state index contributed by atoms with van der Waals surface area (Å²) in [4.78, 5) is 11.8. The van der Waals surface area contributed by atoms with Crippen molar-refractivity contribution in [2.75, 3.05) is 11.9 Å². The molecule has 0 aliphatic carbocycles. The number of esters is 1. The fourth-order valence-corrected chi connectivity index (χ4v) is 1.41. The molecule has 4 nitrogen and oxygen atoms in total. The molecule has 0 aromatic heterocycles. The first-order valence-electron chi connectivity index (χ1n) is 6.11. The zero-order valence-electron chi connectivity index (χ0n) is 11.4. The molecule has 0 radical (unpaired) electrons. The van der Waals surface area contributed by atoms with Crippen molar-refractivity contribution in [3.8, 4) is 0 Å². The van der Waals surface area contributed by atoms with Gasteiger partial charge in [0.25, 0.3) is 0 Å². The highest BCUT2D eigenvalue weighted by Crippen LogP contribution is 2.20. The SMILES string of the molecule is CCOC(=O)c1ccccc1NC(C)C(C)(C)O. The Bertz CT molecular complexity index is 410. The Hall–Kier alpha value is -1.55. The summed E-state index contributed by atoms with van der Waals surface area (Å²) in [5.41, 5.74) is 0.280. The van der Waals surface area contributed by atoms with Crippen LogP contribution in [0.25, 0.3) is 0 Å². The molecule has 0 amide bonds. The number of nitrogens with one attached hydrogen (secondary N) is 1. The molecule has 0 fully saturated rings. The van der Waals surface area contributed by atoms with Gasteiger partial charge in [0, 0.05) is 5.69 Å². The van der Waals surface area contributed by atoms with Crippen molar-refractivity contribution >= 4 is 11.7 Å². The van der Waals surface area contributed by atoms with Crippen LogP contribution in [0, 0.1) is 0 Å². The van der Waals surface area contributed by atoms with Gasteiger partial charge in [-0.3, -0.25) is 0 Å². The molecule has 0 saturated carbocycles. The standard InChI is InChI=1S/C14H21NO3/c1-5-18-13(16)11-8-6-7-9-12(11)15-10(2)14(3,4)17/h6-10,15,17H,5H2,1-4H3. The molecular weight excluding hydrogens is 230 g/mol. The number of anilines is 1. The monoisotopic (exact) mass is 251 g/mol. The highest BCUT2D eigenvalue weighted by atomic mass is 16.5. The van der Waals surface area contributed by atoms with E-state index in [9.17, 15) is 9.90 Å². The third kappa shape index (κ3) is 3.74. The van der Waals surface area contributed by atoms with Gasteiger partial charge in [-0.05, 0) is 39.8 Å². The minimum absolute atomic E-state index is 0.187. The second-order valence-electron chi connectivity index (χ2n) is 4.79. The van der Waals surface area contributed by atoms with Gasteiger partial charge in [0.05, 0.1) is 23.8 Å². The van der Waals surface area contributed by atoms with E-state index < -0.39 is 5.60 Å². The molecule has 0 aliphatic heterocycles. The fourth-order valence-electron chi connectivity index (χ4n) is 1.41. The molecule has 2 N–H and O–H groups in total. The number of carbonyl (C=O) groups excluding carboxylic acids is 1. The Labute approximate surface area is 108 Å². The molecule has 0 aliphatic rings. The van der Waals surface area contributed by atoms with Gasteiger partial charge in [-0.15, -0.1) is 0 Å². The maximum absolute atomic E-state index is 11.8. The van der Waals surface area contributed by atoms with Gasteiger partial charge in [0.15, 0.2) is 0 Å². The van der Waals surface area contributed by atoms with Crippen LogP contribution in [-0.2, 0) is 4.74 Å². The zero-order valence-corrected chi connectivity index (χ0v) is 11.4. The maximum atomic E-state index is 11.8. The van der Waals surface area contributed by atoms with E-state index in [1.807, 2.05) is 13.0 Å². The van der Waals surface area contributed by atoms with Gasteiger partial charge in [-0.2, -0.15) is 0 Å². The van der Waals surface area contributed by atoms with Crippen molar-refractivity contribution in [1.82, 2.24) is 0 Å². The second-order valence-corrected chi connectivity index (χ2v) is 4.79. The normalized spacial score (nSPS) is 12.9. The average molecular weight is 251 g/mol. The van der Waals surface area contributed by atoms with Crippen LogP contribution in [0.15, 0.2) is 24.3 Å². The Morgan fingerprint density at radius 2 is 2.06 bits per heavy atom. The highest BCUT2D eigenvalue weighted by Gasteiger charge is 2.23. The number of hydrogen-bond acceptors (Lipinski definition) is 4. The number of benzene rings is 1. The molecule has 1 aromatic rings. The van der Waals surface area contributed by atoms with Crippen molar-refractivity contribution in [1.29, 1.82) is 0 Å². The second kappa shape index (κ2) is 5.87. The summed E-state index contributed by atoms with van der Waals surface area (Å²) in [6, 6.07) is 6.94. The first-order chi connectivity index (χ1) is 8.36. The highest BCUT2D eigenvalue weighted by molar-refractivity contribution is 5.95. The van der Waals surface area contributed by atoms with E-state index in [2.05, 4.69) is 5.32 Å².